The molecule has 0 saturated heterocycles. The molecule has 0 aromatic carbocycles. The standard InChI is InChI=1S/C16H33N/c1-12(2)11-17-7-6-15(5)16-9-13(3)8-14(4)10-16/h12-17H,6-11H2,1-5H3. The van der Waals surface area contributed by atoms with E-state index >= 15 is 0 Å². The predicted octanol–water partition coefficient (Wildman–Crippen LogP) is 4.33. The Morgan fingerprint density at radius 3 is 2.12 bits per heavy atom. The molecule has 1 heteroatoms. The molecule has 1 saturated carbocycles. The molecule has 0 aliphatic heterocycles. The van der Waals surface area contributed by atoms with Crippen LogP contribution in [0.1, 0.15) is 60.3 Å². The van der Waals surface area contributed by atoms with E-state index in [-0.39, 0.29) is 0 Å². The van der Waals surface area contributed by atoms with Crippen molar-refractivity contribution in [1.29, 1.82) is 0 Å². The van der Waals surface area contributed by atoms with Crippen LogP contribution < -0.4 is 5.32 Å². The first-order valence-electron chi connectivity index (χ1n) is 7.69. The van der Waals surface area contributed by atoms with Crippen molar-refractivity contribution in [3.8, 4) is 0 Å². The number of hydrogen-bond donors (Lipinski definition) is 1. The zero-order valence-corrected chi connectivity index (χ0v) is 12.6. The van der Waals surface area contributed by atoms with E-state index in [1.807, 2.05) is 0 Å². The Kier molecular flexibility index (Phi) is 6.54. The lowest BCUT2D eigenvalue weighted by atomic mass is 9.71. The zero-order valence-electron chi connectivity index (χ0n) is 12.6. The third kappa shape index (κ3) is 5.90. The molecule has 0 spiro atoms. The van der Waals surface area contributed by atoms with E-state index in [2.05, 4.69) is 39.9 Å². The molecule has 17 heavy (non-hydrogen) atoms. The van der Waals surface area contributed by atoms with Crippen LogP contribution >= 0.6 is 0 Å². The van der Waals surface area contributed by atoms with Crippen LogP contribution in [0, 0.1) is 29.6 Å². The highest BCUT2D eigenvalue weighted by atomic mass is 14.8. The summed E-state index contributed by atoms with van der Waals surface area (Å²) in [6.45, 7) is 14.3. The third-order valence-electron chi connectivity index (χ3n) is 4.35. The first-order valence-corrected chi connectivity index (χ1v) is 7.69. The molecule has 1 aliphatic carbocycles. The number of nitrogens with one attached hydrogen (secondary N) is 1. The summed E-state index contributed by atoms with van der Waals surface area (Å²) in [7, 11) is 0. The maximum Gasteiger partial charge on any atom is -0.00258 e. The summed E-state index contributed by atoms with van der Waals surface area (Å²) in [5, 5.41) is 3.58. The van der Waals surface area contributed by atoms with Gasteiger partial charge in [-0.1, -0.05) is 34.6 Å². The van der Waals surface area contributed by atoms with Crippen molar-refractivity contribution in [2.45, 2.75) is 60.3 Å². The normalized spacial score (nSPS) is 31.8. The molecule has 3 atom stereocenters. The molecule has 1 aliphatic rings. The van der Waals surface area contributed by atoms with E-state index < -0.39 is 0 Å². The Bertz CT molecular complexity index is 190. The van der Waals surface area contributed by atoms with Crippen LogP contribution in [0.2, 0.25) is 0 Å². The molecule has 1 rings (SSSR count). The van der Waals surface area contributed by atoms with Gasteiger partial charge >= 0.3 is 0 Å². The van der Waals surface area contributed by atoms with Gasteiger partial charge in [-0.25, -0.2) is 0 Å². The topological polar surface area (TPSA) is 12.0 Å². The van der Waals surface area contributed by atoms with Gasteiger partial charge in [0.2, 0.25) is 0 Å². The lowest BCUT2D eigenvalue weighted by Gasteiger charge is -2.35. The van der Waals surface area contributed by atoms with Crippen LogP contribution in [0.15, 0.2) is 0 Å². The summed E-state index contributed by atoms with van der Waals surface area (Å²) in [6.07, 6.45) is 5.75. The van der Waals surface area contributed by atoms with E-state index in [1.165, 1.54) is 38.8 Å². The molecule has 0 radical (unpaired) electrons. The van der Waals surface area contributed by atoms with Gasteiger partial charge in [-0.15, -0.1) is 0 Å². The highest BCUT2D eigenvalue weighted by Gasteiger charge is 2.27. The van der Waals surface area contributed by atoms with E-state index in [9.17, 15) is 0 Å². The van der Waals surface area contributed by atoms with Gasteiger partial charge in [0.15, 0.2) is 0 Å². The van der Waals surface area contributed by atoms with Crippen molar-refractivity contribution in [2.75, 3.05) is 13.1 Å². The van der Waals surface area contributed by atoms with Gasteiger partial charge < -0.3 is 5.32 Å². The number of rotatable bonds is 6. The molecular weight excluding hydrogens is 206 g/mol. The van der Waals surface area contributed by atoms with Gasteiger partial charge in [0.05, 0.1) is 0 Å². The lowest BCUT2D eigenvalue weighted by molar-refractivity contribution is 0.162. The van der Waals surface area contributed by atoms with Crippen molar-refractivity contribution in [1.82, 2.24) is 5.32 Å². The summed E-state index contributed by atoms with van der Waals surface area (Å²) in [4.78, 5) is 0. The van der Waals surface area contributed by atoms with Gasteiger partial charge in [-0.05, 0) is 68.4 Å². The summed E-state index contributed by atoms with van der Waals surface area (Å²) in [6, 6.07) is 0. The SMILES string of the molecule is CC(C)CNCCC(C)C1CC(C)CC(C)C1. The summed E-state index contributed by atoms with van der Waals surface area (Å²) >= 11 is 0. The first-order chi connectivity index (χ1) is 7.99. The average molecular weight is 239 g/mol. The molecule has 0 heterocycles. The molecule has 0 aromatic rings. The quantitative estimate of drug-likeness (QED) is 0.680. The number of hydrogen-bond acceptors (Lipinski definition) is 1. The molecule has 0 bridgehead atoms. The molecule has 3 unspecified atom stereocenters. The van der Waals surface area contributed by atoms with E-state index in [0.717, 1.165) is 29.6 Å². The fraction of sp³-hybridized carbons (Fsp3) is 1.00. The molecular formula is C16H33N. The summed E-state index contributed by atoms with van der Waals surface area (Å²) in [5.41, 5.74) is 0. The van der Waals surface area contributed by atoms with Gasteiger partial charge in [-0.2, -0.15) is 0 Å². The van der Waals surface area contributed by atoms with E-state index in [1.54, 1.807) is 0 Å². The van der Waals surface area contributed by atoms with E-state index in [4.69, 9.17) is 0 Å². The zero-order chi connectivity index (χ0) is 12.8. The molecule has 0 amide bonds. The smallest absolute Gasteiger partial charge is 0.00258 e. The highest BCUT2D eigenvalue weighted by Crippen LogP contribution is 2.37. The van der Waals surface area contributed by atoms with Crippen LogP contribution in [0.5, 0.6) is 0 Å². The molecule has 1 fully saturated rings. The molecule has 1 N–H and O–H groups in total. The van der Waals surface area contributed by atoms with Gasteiger partial charge in [-0.3, -0.25) is 0 Å². The summed E-state index contributed by atoms with van der Waals surface area (Å²) in [5.74, 6) is 4.57. The Morgan fingerprint density at radius 2 is 1.59 bits per heavy atom. The molecule has 1 nitrogen and oxygen atoms in total. The van der Waals surface area contributed by atoms with Crippen LogP contribution in [0.25, 0.3) is 0 Å². The minimum atomic E-state index is 0.778. The minimum Gasteiger partial charge on any atom is -0.316 e. The third-order valence-corrected chi connectivity index (χ3v) is 4.35. The predicted molar refractivity (Wildman–Crippen MR) is 77.2 cm³/mol. The van der Waals surface area contributed by atoms with Crippen molar-refractivity contribution < 1.29 is 0 Å². The average Bonchev–Trinajstić information content (AvgIpc) is 2.22. The summed E-state index contributed by atoms with van der Waals surface area (Å²) < 4.78 is 0. The second-order valence-electron chi connectivity index (χ2n) is 7.04. The van der Waals surface area contributed by atoms with Crippen molar-refractivity contribution in [3.63, 3.8) is 0 Å². The van der Waals surface area contributed by atoms with Gasteiger partial charge in [0, 0.05) is 0 Å². The Morgan fingerprint density at radius 1 is 1.00 bits per heavy atom. The van der Waals surface area contributed by atoms with Crippen LogP contribution in [-0.4, -0.2) is 13.1 Å². The highest BCUT2D eigenvalue weighted by molar-refractivity contribution is 4.78. The fourth-order valence-electron chi connectivity index (χ4n) is 3.43. The van der Waals surface area contributed by atoms with Crippen LogP contribution in [0.3, 0.4) is 0 Å². The minimum absolute atomic E-state index is 0.778. The van der Waals surface area contributed by atoms with E-state index in [0.29, 0.717) is 0 Å². The van der Waals surface area contributed by atoms with Crippen molar-refractivity contribution in [2.24, 2.45) is 29.6 Å². The van der Waals surface area contributed by atoms with Crippen LogP contribution in [0.4, 0.5) is 0 Å². The van der Waals surface area contributed by atoms with Crippen molar-refractivity contribution >= 4 is 0 Å². The molecule has 0 aromatic heterocycles. The van der Waals surface area contributed by atoms with Gasteiger partial charge in [0.1, 0.15) is 0 Å². The maximum absolute atomic E-state index is 3.58. The lowest BCUT2D eigenvalue weighted by Crippen LogP contribution is -2.28. The largest absolute Gasteiger partial charge is 0.316 e. The maximum atomic E-state index is 3.58. The van der Waals surface area contributed by atoms with Gasteiger partial charge in [0.25, 0.3) is 0 Å². The fourth-order valence-corrected chi connectivity index (χ4v) is 3.43. The second-order valence-corrected chi connectivity index (χ2v) is 7.04. The monoisotopic (exact) mass is 239 g/mol. The Labute approximate surface area is 109 Å². The Hall–Kier alpha value is -0.0400. The first kappa shape index (κ1) is 15.0. The van der Waals surface area contributed by atoms with Crippen molar-refractivity contribution in [3.05, 3.63) is 0 Å². The van der Waals surface area contributed by atoms with Crippen LogP contribution in [-0.2, 0) is 0 Å². The Balaban J connectivity index is 2.20. The molecule has 102 valence electrons. The second kappa shape index (κ2) is 7.41.